The van der Waals surface area contributed by atoms with E-state index in [-0.39, 0.29) is 6.61 Å². The van der Waals surface area contributed by atoms with Gasteiger partial charge in [0.2, 0.25) is 0 Å². The van der Waals surface area contributed by atoms with Crippen molar-refractivity contribution < 1.29 is 5.11 Å². The molecule has 0 heterocycles. The Morgan fingerprint density at radius 3 is 2.18 bits per heavy atom. The smallest absolute Gasteiger partial charge is 0.0555 e. The van der Waals surface area contributed by atoms with E-state index in [0.29, 0.717) is 13.1 Å². The number of aliphatic hydroxyl groups excluding tert-OH is 1. The largest absolute Gasteiger partial charge is 0.395 e. The van der Waals surface area contributed by atoms with Crippen molar-refractivity contribution in [2.75, 3.05) is 39.3 Å². The van der Waals surface area contributed by atoms with Gasteiger partial charge in [-0.15, -0.1) is 0 Å². The van der Waals surface area contributed by atoms with Crippen LogP contribution < -0.4 is 16.4 Å². The number of nitrogens with one attached hydrogen (secondary N) is 2. The van der Waals surface area contributed by atoms with Gasteiger partial charge in [0.05, 0.1) is 6.61 Å². The molecule has 0 fully saturated rings. The van der Waals surface area contributed by atoms with Gasteiger partial charge in [-0.1, -0.05) is 0 Å². The Labute approximate surface area is 68.2 Å². The molecule has 11 heavy (non-hydrogen) atoms. The molecule has 4 nitrogen and oxygen atoms in total. The molecule has 0 unspecified atom stereocenters. The minimum absolute atomic E-state index is 0.218. The maximum absolute atomic E-state index is 8.41. The topological polar surface area (TPSA) is 70.3 Å². The van der Waals surface area contributed by atoms with Crippen LogP contribution in [0.1, 0.15) is 6.42 Å². The Kier molecular flexibility index (Phi) is 9.70. The summed E-state index contributed by atoms with van der Waals surface area (Å²) in [4.78, 5) is 0. The predicted molar refractivity (Wildman–Crippen MR) is 46.5 cm³/mol. The van der Waals surface area contributed by atoms with E-state index in [4.69, 9.17) is 10.8 Å². The van der Waals surface area contributed by atoms with Gasteiger partial charge in [-0.3, -0.25) is 0 Å². The summed E-state index contributed by atoms with van der Waals surface area (Å²) in [6, 6.07) is 0. The van der Waals surface area contributed by atoms with Crippen LogP contribution in [-0.4, -0.2) is 44.4 Å². The van der Waals surface area contributed by atoms with E-state index < -0.39 is 0 Å². The van der Waals surface area contributed by atoms with Crippen LogP contribution in [0.15, 0.2) is 0 Å². The fourth-order valence-electron chi connectivity index (χ4n) is 0.770. The highest BCUT2D eigenvalue weighted by molar-refractivity contribution is 4.51. The first-order valence-electron chi connectivity index (χ1n) is 4.14. The second kappa shape index (κ2) is 9.84. The van der Waals surface area contributed by atoms with Gasteiger partial charge in [-0.25, -0.2) is 0 Å². The molecule has 0 bridgehead atoms. The highest BCUT2D eigenvalue weighted by Gasteiger charge is 1.86. The van der Waals surface area contributed by atoms with Crippen LogP contribution >= 0.6 is 0 Å². The Bertz CT molecular complexity index is 62.7. The molecule has 0 amide bonds. The lowest BCUT2D eigenvalue weighted by Gasteiger charge is -2.03. The van der Waals surface area contributed by atoms with Crippen molar-refractivity contribution in [3.63, 3.8) is 0 Å². The lowest BCUT2D eigenvalue weighted by atomic mass is 10.4. The average molecular weight is 161 g/mol. The molecule has 0 rings (SSSR count). The molecular weight excluding hydrogens is 142 g/mol. The molecule has 0 aromatic rings. The normalized spacial score (nSPS) is 10.4. The first kappa shape index (κ1) is 10.8. The van der Waals surface area contributed by atoms with E-state index >= 15 is 0 Å². The standard InChI is InChI=1S/C7H19N3O/c8-2-5-9-3-1-4-10-6-7-11/h9-11H,1-8H2. The van der Waals surface area contributed by atoms with Crippen molar-refractivity contribution >= 4 is 0 Å². The van der Waals surface area contributed by atoms with Crippen molar-refractivity contribution in [1.82, 2.24) is 10.6 Å². The summed E-state index contributed by atoms with van der Waals surface area (Å²) in [6.07, 6.45) is 1.08. The second-order valence-corrected chi connectivity index (χ2v) is 2.37. The van der Waals surface area contributed by atoms with Crippen LogP contribution in [0.25, 0.3) is 0 Å². The van der Waals surface area contributed by atoms with E-state index in [1.54, 1.807) is 0 Å². The molecule has 0 aromatic heterocycles. The van der Waals surface area contributed by atoms with E-state index in [1.807, 2.05) is 0 Å². The number of aliphatic hydroxyl groups is 1. The zero-order chi connectivity index (χ0) is 8.36. The fraction of sp³-hybridized carbons (Fsp3) is 1.00. The van der Waals surface area contributed by atoms with Crippen LogP contribution in [0.5, 0.6) is 0 Å². The Morgan fingerprint density at radius 1 is 1.00 bits per heavy atom. The molecule has 0 spiro atoms. The summed E-state index contributed by atoms with van der Waals surface area (Å²) < 4.78 is 0. The summed E-state index contributed by atoms with van der Waals surface area (Å²) >= 11 is 0. The SMILES string of the molecule is NCCNCCCNCCO. The number of rotatable bonds is 8. The average Bonchev–Trinajstić information content (AvgIpc) is 2.03. The van der Waals surface area contributed by atoms with Gasteiger partial charge in [0, 0.05) is 19.6 Å². The third kappa shape index (κ3) is 9.84. The van der Waals surface area contributed by atoms with Gasteiger partial charge in [0.15, 0.2) is 0 Å². The second-order valence-electron chi connectivity index (χ2n) is 2.37. The zero-order valence-electron chi connectivity index (χ0n) is 6.97. The molecule has 0 radical (unpaired) electrons. The Balaban J connectivity index is 2.69. The molecule has 0 atom stereocenters. The summed E-state index contributed by atoms with van der Waals surface area (Å²) in [5.41, 5.74) is 5.28. The van der Waals surface area contributed by atoms with Gasteiger partial charge in [-0.2, -0.15) is 0 Å². The summed E-state index contributed by atoms with van der Waals surface area (Å²) in [5, 5.41) is 14.7. The van der Waals surface area contributed by atoms with Crippen LogP contribution in [0.3, 0.4) is 0 Å². The minimum atomic E-state index is 0.218. The third-order valence-corrected chi connectivity index (χ3v) is 1.32. The molecule has 0 saturated heterocycles. The molecule has 0 saturated carbocycles. The van der Waals surface area contributed by atoms with Crippen LogP contribution in [0, 0.1) is 0 Å². The van der Waals surface area contributed by atoms with Gasteiger partial charge in [-0.05, 0) is 19.5 Å². The Hall–Kier alpha value is -0.160. The highest BCUT2D eigenvalue weighted by Crippen LogP contribution is 1.71. The maximum Gasteiger partial charge on any atom is 0.0555 e. The van der Waals surface area contributed by atoms with Gasteiger partial charge >= 0.3 is 0 Å². The van der Waals surface area contributed by atoms with Crippen LogP contribution in [-0.2, 0) is 0 Å². The van der Waals surface area contributed by atoms with E-state index in [0.717, 1.165) is 26.1 Å². The lowest BCUT2D eigenvalue weighted by Crippen LogP contribution is -2.27. The van der Waals surface area contributed by atoms with Crippen molar-refractivity contribution in [2.45, 2.75) is 6.42 Å². The summed E-state index contributed by atoms with van der Waals surface area (Å²) in [6.45, 7) is 4.45. The lowest BCUT2D eigenvalue weighted by molar-refractivity contribution is 0.292. The highest BCUT2D eigenvalue weighted by atomic mass is 16.3. The zero-order valence-corrected chi connectivity index (χ0v) is 6.97. The van der Waals surface area contributed by atoms with Crippen molar-refractivity contribution in [3.05, 3.63) is 0 Å². The predicted octanol–water partition coefficient (Wildman–Crippen LogP) is -1.49. The molecule has 5 N–H and O–H groups in total. The molecule has 4 heteroatoms. The molecular formula is C7H19N3O. The fourth-order valence-corrected chi connectivity index (χ4v) is 0.770. The molecule has 0 aliphatic heterocycles. The number of nitrogens with two attached hydrogens (primary N) is 1. The summed E-state index contributed by atoms with van der Waals surface area (Å²) in [5.74, 6) is 0. The third-order valence-electron chi connectivity index (χ3n) is 1.32. The van der Waals surface area contributed by atoms with E-state index in [1.165, 1.54) is 0 Å². The van der Waals surface area contributed by atoms with Gasteiger partial charge in [0.25, 0.3) is 0 Å². The van der Waals surface area contributed by atoms with Crippen molar-refractivity contribution in [3.8, 4) is 0 Å². The van der Waals surface area contributed by atoms with E-state index in [9.17, 15) is 0 Å². The van der Waals surface area contributed by atoms with E-state index in [2.05, 4.69) is 10.6 Å². The van der Waals surface area contributed by atoms with Crippen molar-refractivity contribution in [1.29, 1.82) is 0 Å². The first-order chi connectivity index (χ1) is 5.41. The molecule has 68 valence electrons. The van der Waals surface area contributed by atoms with Gasteiger partial charge in [0.1, 0.15) is 0 Å². The quantitative estimate of drug-likeness (QED) is 0.327. The number of hydrogen-bond acceptors (Lipinski definition) is 4. The van der Waals surface area contributed by atoms with Gasteiger partial charge < -0.3 is 21.5 Å². The number of hydrogen-bond donors (Lipinski definition) is 4. The van der Waals surface area contributed by atoms with Crippen molar-refractivity contribution in [2.24, 2.45) is 5.73 Å². The van der Waals surface area contributed by atoms with Crippen LogP contribution in [0.4, 0.5) is 0 Å². The molecule has 0 aromatic carbocycles. The maximum atomic E-state index is 8.41. The summed E-state index contributed by atoms with van der Waals surface area (Å²) in [7, 11) is 0. The first-order valence-corrected chi connectivity index (χ1v) is 4.14. The molecule has 0 aliphatic carbocycles. The van der Waals surface area contributed by atoms with Crippen LogP contribution in [0.2, 0.25) is 0 Å². The molecule has 0 aliphatic rings. The minimum Gasteiger partial charge on any atom is -0.395 e. The Morgan fingerprint density at radius 2 is 1.64 bits per heavy atom. The monoisotopic (exact) mass is 161 g/mol.